The average Bonchev–Trinajstić information content (AvgIpc) is 2.94. The monoisotopic (exact) mass is 390 g/mol. The minimum Gasteiger partial charge on any atom is -0.457 e. The summed E-state index contributed by atoms with van der Waals surface area (Å²) in [6.07, 6.45) is 0. The molecule has 2 amide bonds. The second kappa shape index (κ2) is 7.58. The highest BCUT2D eigenvalue weighted by molar-refractivity contribution is 6.53. The van der Waals surface area contributed by atoms with Crippen LogP contribution < -0.4 is 15.0 Å². The van der Waals surface area contributed by atoms with Crippen LogP contribution in [0.3, 0.4) is 0 Å². The molecule has 0 bridgehead atoms. The normalized spacial score (nSPS) is 13.8. The minimum absolute atomic E-state index is 0.0579. The van der Waals surface area contributed by atoms with Crippen molar-refractivity contribution in [3.05, 3.63) is 95.7 Å². The molecule has 28 heavy (non-hydrogen) atoms. The fourth-order valence-electron chi connectivity index (χ4n) is 2.80. The molecule has 0 radical (unpaired) electrons. The summed E-state index contributed by atoms with van der Waals surface area (Å²) in [5.74, 6) is 0.218. The number of para-hydroxylation sites is 2. The molecule has 1 aliphatic heterocycles. The lowest BCUT2D eigenvalue weighted by atomic mass is 10.2. The first-order chi connectivity index (χ1) is 13.6. The van der Waals surface area contributed by atoms with Crippen molar-refractivity contribution in [3.63, 3.8) is 0 Å². The average molecular weight is 391 g/mol. The van der Waals surface area contributed by atoms with E-state index >= 15 is 0 Å². The molecule has 0 aromatic heterocycles. The minimum atomic E-state index is -0.568. The second-order valence-electron chi connectivity index (χ2n) is 6.03. The van der Waals surface area contributed by atoms with Crippen LogP contribution in [0.4, 0.5) is 11.4 Å². The Morgan fingerprint density at radius 2 is 1.29 bits per heavy atom. The molecule has 6 heteroatoms. The SMILES string of the molecule is O=C1C(Cl)=C(Nc2ccccc2)C(=O)N1c1ccc(Oc2ccccc2)cc1. The van der Waals surface area contributed by atoms with Crippen LogP contribution in [0, 0.1) is 0 Å². The predicted octanol–water partition coefficient (Wildman–Crippen LogP) is 4.91. The van der Waals surface area contributed by atoms with Gasteiger partial charge in [-0.2, -0.15) is 0 Å². The van der Waals surface area contributed by atoms with Gasteiger partial charge in [0.2, 0.25) is 0 Å². The highest BCUT2D eigenvalue weighted by Gasteiger charge is 2.38. The molecular formula is C22H15ClN2O3. The van der Waals surface area contributed by atoms with E-state index in [0.717, 1.165) is 4.90 Å². The third kappa shape index (κ3) is 3.48. The molecule has 0 spiro atoms. The molecule has 5 nitrogen and oxygen atoms in total. The fourth-order valence-corrected chi connectivity index (χ4v) is 3.01. The first kappa shape index (κ1) is 17.8. The van der Waals surface area contributed by atoms with Crippen LogP contribution in [-0.2, 0) is 9.59 Å². The zero-order valence-electron chi connectivity index (χ0n) is 14.6. The van der Waals surface area contributed by atoms with Crippen LogP contribution in [0.25, 0.3) is 0 Å². The highest BCUT2D eigenvalue weighted by atomic mass is 35.5. The Bertz CT molecular complexity index is 1050. The Hall–Kier alpha value is -3.57. The fraction of sp³-hybridized carbons (Fsp3) is 0. The molecule has 138 valence electrons. The van der Waals surface area contributed by atoms with Gasteiger partial charge in [-0.25, -0.2) is 4.90 Å². The molecule has 1 N–H and O–H groups in total. The molecule has 4 rings (SSSR count). The summed E-state index contributed by atoms with van der Waals surface area (Å²) in [6, 6.07) is 25.1. The van der Waals surface area contributed by atoms with Crippen molar-refractivity contribution in [2.45, 2.75) is 0 Å². The molecule has 0 saturated heterocycles. The van der Waals surface area contributed by atoms with Crippen molar-refractivity contribution < 1.29 is 14.3 Å². The maximum atomic E-state index is 12.8. The van der Waals surface area contributed by atoms with Crippen molar-refractivity contribution in [3.8, 4) is 11.5 Å². The smallest absolute Gasteiger partial charge is 0.283 e. The number of rotatable bonds is 5. The van der Waals surface area contributed by atoms with Gasteiger partial charge in [0.05, 0.1) is 5.69 Å². The van der Waals surface area contributed by atoms with Crippen molar-refractivity contribution in [2.24, 2.45) is 0 Å². The van der Waals surface area contributed by atoms with Crippen LogP contribution in [-0.4, -0.2) is 11.8 Å². The first-order valence-electron chi connectivity index (χ1n) is 8.57. The van der Waals surface area contributed by atoms with Gasteiger partial charge in [-0.1, -0.05) is 48.0 Å². The Labute approximate surface area is 166 Å². The zero-order chi connectivity index (χ0) is 19.5. The molecule has 0 fully saturated rings. The first-order valence-corrected chi connectivity index (χ1v) is 8.95. The molecule has 0 saturated carbocycles. The van der Waals surface area contributed by atoms with E-state index in [2.05, 4.69) is 5.32 Å². The number of hydrogen-bond acceptors (Lipinski definition) is 4. The van der Waals surface area contributed by atoms with E-state index in [0.29, 0.717) is 22.9 Å². The van der Waals surface area contributed by atoms with E-state index < -0.39 is 11.8 Å². The molecular weight excluding hydrogens is 376 g/mol. The van der Waals surface area contributed by atoms with Crippen LogP contribution in [0.5, 0.6) is 11.5 Å². The number of benzene rings is 3. The number of nitrogens with zero attached hydrogens (tertiary/aromatic N) is 1. The number of amides is 2. The molecule has 0 aliphatic carbocycles. The van der Waals surface area contributed by atoms with Crippen LogP contribution in [0.15, 0.2) is 95.7 Å². The summed E-state index contributed by atoms with van der Waals surface area (Å²) in [4.78, 5) is 26.4. The van der Waals surface area contributed by atoms with Gasteiger partial charge in [-0.05, 0) is 48.5 Å². The number of halogens is 1. The summed E-state index contributed by atoms with van der Waals surface area (Å²) in [5.41, 5.74) is 1.14. The molecule has 0 unspecified atom stereocenters. The van der Waals surface area contributed by atoms with Gasteiger partial charge in [-0.3, -0.25) is 9.59 Å². The topological polar surface area (TPSA) is 58.6 Å². The van der Waals surface area contributed by atoms with Crippen molar-refractivity contribution in [2.75, 3.05) is 10.2 Å². The number of ether oxygens (including phenoxy) is 1. The molecule has 1 heterocycles. The maximum absolute atomic E-state index is 12.8. The van der Waals surface area contributed by atoms with Crippen molar-refractivity contribution >= 4 is 34.8 Å². The van der Waals surface area contributed by atoms with E-state index in [1.54, 1.807) is 36.4 Å². The Morgan fingerprint density at radius 1 is 0.714 bits per heavy atom. The quantitative estimate of drug-likeness (QED) is 0.628. The second-order valence-corrected chi connectivity index (χ2v) is 6.41. The molecule has 0 atom stereocenters. The number of hydrogen-bond donors (Lipinski definition) is 1. The van der Waals surface area contributed by atoms with Crippen LogP contribution >= 0.6 is 11.6 Å². The zero-order valence-corrected chi connectivity index (χ0v) is 15.4. The van der Waals surface area contributed by atoms with Crippen LogP contribution in [0.2, 0.25) is 0 Å². The Morgan fingerprint density at radius 3 is 1.93 bits per heavy atom. The largest absolute Gasteiger partial charge is 0.457 e. The van der Waals surface area contributed by atoms with E-state index in [9.17, 15) is 9.59 Å². The van der Waals surface area contributed by atoms with Gasteiger partial charge < -0.3 is 10.1 Å². The summed E-state index contributed by atoms with van der Waals surface area (Å²) < 4.78 is 5.73. The number of carbonyl (C=O) groups excluding carboxylic acids is 2. The Kier molecular flexibility index (Phi) is 4.83. The van der Waals surface area contributed by atoms with Gasteiger partial charge in [0.15, 0.2) is 0 Å². The molecule has 3 aromatic carbocycles. The van der Waals surface area contributed by atoms with E-state index in [1.807, 2.05) is 48.5 Å². The highest BCUT2D eigenvalue weighted by Crippen LogP contribution is 2.31. The number of nitrogens with one attached hydrogen (secondary N) is 1. The third-order valence-corrected chi connectivity index (χ3v) is 4.49. The predicted molar refractivity (Wildman–Crippen MR) is 108 cm³/mol. The number of imide groups is 1. The van der Waals surface area contributed by atoms with E-state index in [-0.39, 0.29) is 10.7 Å². The van der Waals surface area contributed by atoms with Gasteiger partial charge in [0, 0.05) is 5.69 Å². The summed E-state index contributed by atoms with van der Waals surface area (Å²) in [6.45, 7) is 0. The van der Waals surface area contributed by atoms with Gasteiger partial charge >= 0.3 is 0 Å². The third-order valence-electron chi connectivity index (χ3n) is 4.14. The lowest BCUT2D eigenvalue weighted by Gasteiger charge is -2.15. The Balaban J connectivity index is 1.53. The van der Waals surface area contributed by atoms with E-state index in [4.69, 9.17) is 16.3 Å². The number of carbonyl (C=O) groups is 2. The van der Waals surface area contributed by atoms with Gasteiger partial charge in [0.1, 0.15) is 22.2 Å². The van der Waals surface area contributed by atoms with Crippen LogP contribution in [0.1, 0.15) is 0 Å². The summed E-state index contributed by atoms with van der Waals surface area (Å²) >= 11 is 6.14. The summed E-state index contributed by atoms with van der Waals surface area (Å²) in [7, 11) is 0. The summed E-state index contributed by atoms with van der Waals surface area (Å²) in [5, 5.41) is 2.79. The molecule has 1 aliphatic rings. The lowest BCUT2D eigenvalue weighted by molar-refractivity contribution is -0.120. The standard InChI is InChI=1S/C22H15ClN2O3/c23-19-20(24-15-7-3-1-4-8-15)22(27)25(21(19)26)16-11-13-18(14-12-16)28-17-9-5-2-6-10-17/h1-14,24H. The maximum Gasteiger partial charge on any atom is 0.283 e. The van der Waals surface area contributed by atoms with E-state index in [1.165, 1.54) is 0 Å². The van der Waals surface area contributed by atoms with Crippen molar-refractivity contribution in [1.29, 1.82) is 0 Å². The van der Waals surface area contributed by atoms with Gasteiger partial charge in [-0.15, -0.1) is 0 Å². The van der Waals surface area contributed by atoms with Crippen molar-refractivity contribution in [1.82, 2.24) is 0 Å². The van der Waals surface area contributed by atoms with Gasteiger partial charge in [0.25, 0.3) is 11.8 Å². The number of anilines is 2. The lowest BCUT2D eigenvalue weighted by Crippen LogP contribution is -2.32. The molecule has 3 aromatic rings.